The zero-order chi connectivity index (χ0) is 14.7. The summed E-state index contributed by atoms with van der Waals surface area (Å²) in [6, 6.07) is 14.8. The third kappa shape index (κ3) is 2.79. The van der Waals surface area contributed by atoms with Gasteiger partial charge in [-0.2, -0.15) is 0 Å². The van der Waals surface area contributed by atoms with Crippen LogP contribution in [0.15, 0.2) is 54.7 Å². The van der Waals surface area contributed by atoms with Crippen LogP contribution in [-0.2, 0) is 6.54 Å². The van der Waals surface area contributed by atoms with Crippen molar-refractivity contribution in [1.82, 2.24) is 4.98 Å². The molecule has 1 aromatic heterocycles. The van der Waals surface area contributed by atoms with Gasteiger partial charge in [-0.25, -0.2) is 4.39 Å². The molecule has 0 amide bonds. The van der Waals surface area contributed by atoms with Gasteiger partial charge in [0.25, 0.3) is 0 Å². The molecular formula is C17H15FN2O. The lowest BCUT2D eigenvalue weighted by Gasteiger charge is -2.10. The van der Waals surface area contributed by atoms with Crippen molar-refractivity contribution in [2.75, 3.05) is 12.4 Å². The number of nitrogens with zero attached hydrogens (tertiary/aromatic N) is 1. The van der Waals surface area contributed by atoms with E-state index in [1.165, 1.54) is 13.2 Å². The third-order valence-electron chi connectivity index (χ3n) is 3.35. The van der Waals surface area contributed by atoms with Crippen molar-refractivity contribution in [2.45, 2.75) is 6.54 Å². The third-order valence-corrected chi connectivity index (χ3v) is 3.35. The lowest BCUT2D eigenvalue weighted by molar-refractivity contribution is 0.386. The molecule has 4 heteroatoms. The molecule has 0 atom stereocenters. The molecule has 0 unspecified atom stereocenters. The molecule has 0 aliphatic heterocycles. The fraction of sp³-hybridized carbons (Fsp3) is 0.118. The maximum Gasteiger partial charge on any atom is 0.167 e. The van der Waals surface area contributed by atoms with Gasteiger partial charge >= 0.3 is 0 Å². The van der Waals surface area contributed by atoms with Crippen LogP contribution >= 0.6 is 0 Å². The van der Waals surface area contributed by atoms with Gasteiger partial charge in [0, 0.05) is 29.9 Å². The first-order valence-electron chi connectivity index (χ1n) is 6.68. The van der Waals surface area contributed by atoms with Crippen LogP contribution in [0.1, 0.15) is 5.56 Å². The Bertz CT molecular complexity index is 768. The molecule has 1 N–H and O–H groups in total. The monoisotopic (exact) mass is 282 g/mol. The summed E-state index contributed by atoms with van der Waals surface area (Å²) < 4.78 is 18.6. The summed E-state index contributed by atoms with van der Waals surface area (Å²) in [5.41, 5.74) is 2.74. The van der Waals surface area contributed by atoms with Crippen molar-refractivity contribution in [3.63, 3.8) is 0 Å². The molecule has 0 saturated heterocycles. The Balaban J connectivity index is 1.82. The largest absolute Gasteiger partial charge is 0.494 e. The highest BCUT2D eigenvalue weighted by molar-refractivity contribution is 5.81. The van der Waals surface area contributed by atoms with E-state index in [0.717, 1.165) is 16.5 Å². The van der Waals surface area contributed by atoms with Crippen LogP contribution in [-0.4, -0.2) is 12.1 Å². The first-order valence-corrected chi connectivity index (χ1v) is 6.68. The van der Waals surface area contributed by atoms with E-state index in [4.69, 9.17) is 4.74 Å². The Morgan fingerprint density at radius 3 is 2.81 bits per heavy atom. The SMILES string of the molecule is COc1ccc(NCc2cccc3cccnc23)cc1F. The number of methoxy groups -OCH3 is 1. The predicted molar refractivity (Wildman–Crippen MR) is 82.0 cm³/mol. The fourth-order valence-corrected chi connectivity index (χ4v) is 2.28. The van der Waals surface area contributed by atoms with E-state index in [-0.39, 0.29) is 11.6 Å². The average molecular weight is 282 g/mol. The summed E-state index contributed by atoms with van der Waals surface area (Å²) in [5, 5.41) is 4.30. The van der Waals surface area contributed by atoms with Crippen LogP contribution in [0.25, 0.3) is 10.9 Å². The lowest BCUT2D eigenvalue weighted by Crippen LogP contribution is -2.01. The molecule has 2 aromatic carbocycles. The standard InChI is InChI=1S/C17H15FN2O/c1-21-16-8-7-14(10-15(16)18)20-11-13-5-2-4-12-6-3-9-19-17(12)13/h2-10,20H,11H2,1H3. The minimum Gasteiger partial charge on any atom is -0.494 e. The number of benzene rings is 2. The van der Waals surface area contributed by atoms with Crippen LogP contribution in [0, 0.1) is 5.82 Å². The van der Waals surface area contributed by atoms with E-state index in [0.29, 0.717) is 12.2 Å². The maximum absolute atomic E-state index is 13.7. The maximum atomic E-state index is 13.7. The zero-order valence-electron chi connectivity index (χ0n) is 11.6. The molecule has 0 aliphatic rings. The molecule has 0 fully saturated rings. The Kier molecular flexibility index (Phi) is 3.69. The summed E-state index contributed by atoms with van der Waals surface area (Å²) in [7, 11) is 1.45. The number of halogens is 1. The van der Waals surface area contributed by atoms with Gasteiger partial charge < -0.3 is 10.1 Å². The first kappa shape index (κ1) is 13.4. The van der Waals surface area contributed by atoms with Crippen molar-refractivity contribution in [2.24, 2.45) is 0 Å². The van der Waals surface area contributed by atoms with E-state index in [1.807, 2.05) is 30.3 Å². The first-order chi connectivity index (χ1) is 10.3. The molecular weight excluding hydrogens is 267 g/mol. The summed E-state index contributed by atoms with van der Waals surface area (Å²) in [6.07, 6.45) is 1.78. The van der Waals surface area contributed by atoms with E-state index < -0.39 is 0 Å². The zero-order valence-corrected chi connectivity index (χ0v) is 11.6. The van der Waals surface area contributed by atoms with Gasteiger partial charge in [-0.3, -0.25) is 4.98 Å². The second-order valence-electron chi connectivity index (χ2n) is 4.70. The molecule has 0 radical (unpaired) electrons. The smallest absolute Gasteiger partial charge is 0.167 e. The minimum atomic E-state index is -0.376. The molecule has 0 aliphatic carbocycles. The fourth-order valence-electron chi connectivity index (χ4n) is 2.28. The summed E-state index contributed by atoms with van der Waals surface area (Å²) >= 11 is 0. The van der Waals surface area contributed by atoms with Gasteiger partial charge in [0.15, 0.2) is 11.6 Å². The van der Waals surface area contributed by atoms with Gasteiger partial charge in [-0.1, -0.05) is 24.3 Å². The number of hydrogen-bond donors (Lipinski definition) is 1. The number of para-hydroxylation sites is 1. The molecule has 0 saturated carbocycles. The molecule has 21 heavy (non-hydrogen) atoms. The van der Waals surface area contributed by atoms with Gasteiger partial charge in [0.05, 0.1) is 12.6 Å². The Labute approximate surface area is 122 Å². The molecule has 0 spiro atoms. The van der Waals surface area contributed by atoms with Gasteiger partial charge in [0.1, 0.15) is 0 Å². The van der Waals surface area contributed by atoms with Gasteiger partial charge in [0.2, 0.25) is 0 Å². The number of pyridine rings is 1. The second kappa shape index (κ2) is 5.79. The van der Waals surface area contributed by atoms with E-state index >= 15 is 0 Å². The highest BCUT2D eigenvalue weighted by Crippen LogP contribution is 2.22. The van der Waals surface area contributed by atoms with Crippen molar-refractivity contribution in [3.8, 4) is 5.75 Å². The molecule has 3 nitrogen and oxygen atoms in total. The number of rotatable bonds is 4. The number of anilines is 1. The average Bonchev–Trinajstić information content (AvgIpc) is 2.53. The second-order valence-corrected chi connectivity index (χ2v) is 4.70. The van der Waals surface area contributed by atoms with E-state index in [2.05, 4.69) is 10.3 Å². The summed E-state index contributed by atoms with van der Waals surface area (Å²) in [4.78, 5) is 4.40. The Morgan fingerprint density at radius 2 is 2.00 bits per heavy atom. The summed E-state index contributed by atoms with van der Waals surface area (Å²) in [5.74, 6) is -0.133. The van der Waals surface area contributed by atoms with Gasteiger partial charge in [-0.05, 0) is 23.8 Å². The molecule has 106 valence electrons. The van der Waals surface area contributed by atoms with Crippen LogP contribution in [0.5, 0.6) is 5.75 Å². The van der Waals surface area contributed by atoms with Crippen molar-refractivity contribution in [1.29, 1.82) is 0 Å². The Morgan fingerprint density at radius 1 is 1.14 bits per heavy atom. The predicted octanol–water partition coefficient (Wildman–Crippen LogP) is 3.99. The van der Waals surface area contributed by atoms with Crippen molar-refractivity contribution < 1.29 is 9.13 Å². The van der Waals surface area contributed by atoms with Crippen LogP contribution in [0.2, 0.25) is 0 Å². The topological polar surface area (TPSA) is 34.1 Å². The van der Waals surface area contributed by atoms with E-state index in [1.54, 1.807) is 18.3 Å². The lowest BCUT2D eigenvalue weighted by atomic mass is 10.1. The molecule has 0 bridgehead atoms. The minimum absolute atomic E-state index is 0.243. The normalized spacial score (nSPS) is 10.6. The van der Waals surface area contributed by atoms with Crippen LogP contribution < -0.4 is 10.1 Å². The van der Waals surface area contributed by atoms with Crippen molar-refractivity contribution >= 4 is 16.6 Å². The Hall–Kier alpha value is -2.62. The number of nitrogens with one attached hydrogen (secondary N) is 1. The highest BCUT2D eigenvalue weighted by Gasteiger charge is 2.05. The number of hydrogen-bond acceptors (Lipinski definition) is 3. The van der Waals surface area contributed by atoms with Gasteiger partial charge in [-0.15, -0.1) is 0 Å². The van der Waals surface area contributed by atoms with Crippen LogP contribution in [0.4, 0.5) is 10.1 Å². The van der Waals surface area contributed by atoms with Crippen molar-refractivity contribution in [3.05, 3.63) is 66.1 Å². The molecule has 3 rings (SSSR count). The van der Waals surface area contributed by atoms with E-state index in [9.17, 15) is 4.39 Å². The quantitative estimate of drug-likeness (QED) is 0.785. The molecule has 3 aromatic rings. The van der Waals surface area contributed by atoms with Crippen LogP contribution in [0.3, 0.4) is 0 Å². The number of aromatic nitrogens is 1. The number of fused-ring (bicyclic) bond motifs is 1. The summed E-state index contributed by atoms with van der Waals surface area (Å²) in [6.45, 7) is 0.583. The number of ether oxygens (including phenoxy) is 1. The molecule has 1 heterocycles. The highest BCUT2D eigenvalue weighted by atomic mass is 19.1.